The highest BCUT2D eigenvalue weighted by Gasteiger charge is 2.28. The van der Waals surface area contributed by atoms with Crippen molar-refractivity contribution in [3.05, 3.63) is 33.8 Å². The molecule has 1 atom stereocenters. The molecule has 1 unspecified atom stereocenters. The number of rotatable bonds is 5. The zero-order valence-electron chi connectivity index (χ0n) is 10.3. The molecule has 0 aliphatic heterocycles. The molecule has 4 heteroatoms. The number of aliphatic hydroxyl groups is 1. The van der Waals surface area contributed by atoms with E-state index in [4.69, 9.17) is 27.9 Å². The first-order chi connectivity index (χ1) is 7.86. The van der Waals surface area contributed by atoms with Crippen LogP contribution >= 0.6 is 23.2 Å². The first kappa shape index (κ1) is 14.8. The number of aliphatic hydroxyl groups excluding tert-OH is 1. The highest BCUT2D eigenvalue weighted by Crippen LogP contribution is 2.25. The predicted octanol–water partition coefficient (Wildman–Crippen LogP) is 3.71. The molecule has 0 heterocycles. The molecular formula is C13H18Cl2O2. The first-order valence-electron chi connectivity index (χ1n) is 5.62. The van der Waals surface area contributed by atoms with Gasteiger partial charge in [0.15, 0.2) is 0 Å². The second-order valence-electron chi connectivity index (χ2n) is 4.50. The van der Waals surface area contributed by atoms with E-state index in [9.17, 15) is 5.11 Å². The van der Waals surface area contributed by atoms with Gasteiger partial charge in [-0.15, -0.1) is 0 Å². The van der Waals surface area contributed by atoms with Crippen molar-refractivity contribution < 1.29 is 9.84 Å². The standard InChI is InChI=1S/C13H18Cl2O2/c1-4-17-13(2,3)12(16)8-9-5-6-10(14)11(15)7-9/h5-7,12,16H,4,8H2,1-3H3. The Morgan fingerprint density at radius 1 is 1.29 bits per heavy atom. The van der Waals surface area contributed by atoms with Gasteiger partial charge in [0.25, 0.3) is 0 Å². The summed E-state index contributed by atoms with van der Waals surface area (Å²) in [5.74, 6) is 0. The highest BCUT2D eigenvalue weighted by atomic mass is 35.5. The van der Waals surface area contributed by atoms with Crippen LogP contribution in [0.3, 0.4) is 0 Å². The van der Waals surface area contributed by atoms with E-state index < -0.39 is 11.7 Å². The van der Waals surface area contributed by atoms with Gasteiger partial charge in [-0.3, -0.25) is 0 Å². The topological polar surface area (TPSA) is 29.5 Å². The average Bonchev–Trinajstić information content (AvgIpc) is 2.23. The molecule has 1 aromatic rings. The van der Waals surface area contributed by atoms with Gasteiger partial charge in [0.1, 0.15) is 0 Å². The lowest BCUT2D eigenvalue weighted by molar-refractivity contribution is -0.0955. The quantitative estimate of drug-likeness (QED) is 0.889. The summed E-state index contributed by atoms with van der Waals surface area (Å²) < 4.78 is 5.51. The number of halogens is 2. The summed E-state index contributed by atoms with van der Waals surface area (Å²) in [5.41, 5.74) is 0.376. The summed E-state index contributed by atoms with van der Waals surface area (Å²) in [6.45, 7) is 6.23. The maximum atomic E-state index is 10.1. The lowest BCUT2D eigenvalue weighted by Crippen LogP contribution is -2.40. The van der Waals surface area contributed by atoms with Crippen molar-refractivity contribution in [1.29, 1.82) is 0 Å². The summed E-state index contributed by atoms with van der Waals surface area (Å²) >= 11 is 11.8. The number of benzene rings is 1. The Bertz CT molecular complexity index is 378. The molecule has 0 saturated heterocycles. The van der Waals surface area contributed by atoms with E-state index >= 15 is 0 Å². The second-order valence-corrected chi connectivity index (χ2v) is 5.32. The molecule has 0 amide bonds. The van der Waals surface area contributed by atoms with E-state index in [1.165, 1.54) is 0 Å². The monoisotopic (exact) mass is 276 g/mol. The number of hydrogen-bond acceptors (Lipinski definition) is 2. The van der Waals surface area contributed by atoms with E-state index in [1.807, 2.05) is 26.8 Å². The molecule has 0 spiro atoms. The molecule has 0 aliphatic carbocycles. The third-order valence-electron chi connectivity index (χ3n) is 2.73. The number of ether oxygens (including phenoxy) is 1. The molecule has 2 nitrogen and oxygen atoms in total. The minimum Gasteiger partial charge on any atom is -0.390 e. The summed E-state index contributed by atoms with van der Waals surface area (Å²) in [6, 6.07) is 5.37. The Labute approximate surface area is 113 Å². The largest absolute Gasteiger partial charge is 0.390 e. The summed E-state index contributed by atoms with van der Waals surface area (Å²) in [5, 5.41) is 11.1. The van der Waals surface area contributed by atoms with Crippen molar-refractivity contribution in [3.8, 4) is 0 Å². The van der Waals surface area contributed by atoms with Crippen LogP contribution in [0.25, 0.3) is 0 Å². The van der Waals surface area contributed by atoms with Crippen molar-refractivity contribution in [2.24, 2.45) is 0 Å². The Kier molecular flexibility index (Phi) is 5.26. The van der Waals surface area contributed by atoms with Crippen molar-refractivity contribution >= 4 is 23.2 Å². The minimum absolute atomic E-state index is 0.490. The summed E-state index contributed by atoms with van der Waals surface area (Å²) in [7, 11) is 0. The smallest absolute Gasteiger partial charge is 0.0887 e. The fourth-order valence-corrected chi connectivity index (χ4v) is 1.92. The van der Waals surface area contributed by atoms with E-state index in [0.717, 1.165) is 5.56 Å². The predicted molar refractivity (Wildman–Crippen MR) is 71.9 cm³/mol. The molecule has 1 aromatic carbocycles. The van der Waals surface area contributed by atoms with Crippen LogP contribution in [0, 0.1) is 0 Å². The maximum absolute atomic E-state index is 10.1. The molecule has 0 aromatic heterocycles. The molecule has 17 heavy (non-hydrogen) atoms. The van der Waals surface area contributed by atoms with Crippen LogP contribution < -0.4 is 0 Å². The minimum atomic E-state index is -0.584. The SMILES string of the molecule is CCOC(C)(C)C(O)Cc1ccc(Cl)c(Cl)c1. The molecule has 0 bridgehead atoms. The lowest BCUT2D eigenvalue weighted by Gasteiger charge is -2.30. The van der Waals surface area contributed by atoms with Gasteiger partial charge in [-0.1, -0.05) is 29.3 Å². The summed E-state index contributed by atoms with van der Waals surface area (Å²) in [4.78, 5) is 0. The van der Waals surface area contributed by atoms with Gasteiger partial charge in [-0.25, -0.2) is 0 Å². The van der Waals surface area contributed by atoms with Gasteiger partial charge < -0.3 is 9.84 Å². The van der Waals surface area contributed by atoms with Crippen LogP contribution in [0.15, 0.2) is 18.2 Å². The zero-order chi connectivity index (χ0) is 13.1. The second kappa shape index (κ2) is 6.05. The van der Waals surface area contributed by atoms with Gasteiger partial charge >= 0.3 is 0 Å². The van der Waals surface area contributed by atoms with Gasteiger partial charge in [0, 0.05) is 13.0 Å². The lowest BCUT2D eigenvalue weighted by atomic mass is 9.95. The Morgan fingerprint density at radius 2 is 1.94 bits per heavy atom. The molecule has 96 valence electrons. The van der Waals surface area contributed by atoms with Crippen LogP contribution in [0.4, 0.5) is 0 Å². The Hall–Kier alpha value is -0.280. The van der Waals surface area contributed by atoms with Crippen LogP contribution in [-0.2, 0) is 11.2 Å². The first-order valence-corrected chi connectivity index (χ1v) is 6.38. The van der Waals surface area contributed by atoms with Crippen LogP contribution in [0.5, 0.6) is 0 Å². The van der Waals surface area contributed by atoms with Crippen molar-refractivity contribution in [2.75, 3.05) is 6.61 Å². The normalized spacial score (nSPS) is 13.8. The van der Waals surface area contributed by atoms with Crippen LogP contribution in [0.1, 0.15) is 26.3 Å². The molecule has 1 N–H and O–H groups in total. The van der Waals surface area contributed by atoms with Crippen molar-refractivity contribution in [2.45, 2.75) is 38.9 Å². The van der Waals surface area contributed by atoms with Gasteiger partial charge in [-0.2, -0.15) is 0 Å². The Balaban J connectivity index is 2.73. The van der Waals surface area contributed by atoms with E-state index in [0.29, 0.717) is 23.1 Å². The van der Waals surface area contributed by atoms with Crippen LogP contribution in [-0.4, -0.2) is 23.4 Å². The molecule has 0 aliphatic rings. The van der Waals surface area contributed by atoms with E-state index in [-0.39, 0.29) is 0 Å². The highest BCUT2D eigenvalue weighted by molar-refractivity contribution is 6.42. The van der Waals surface area contributed by atoms with E-state index in [2.05, 4.69) is 0 Å². The molecule has 0 radical (unpaired) electrons. The zero-order valence-corrected chi connectivity index (χ0v) is 11.8. The summed E-state index contributed by atoms with van der Waals surface area (Å²) in [6.07, 6.45) is -0.0936. The maximum Gasteiger partial charge on any atom is 0.0887 e. The van der Waals surface area contributed by atoms with Crippen molar-refractivity contribution in [3.63, 3.8) is 0 Å². The fourth-order valence-electron chi connectivity index (χ4n) is 1.60. The van der Waals surface area contributed by atoms with Crippen molar-refractivity contribution in [1.82, 2.24) is 0 Å². The molecule has 0 saturated carbocycles. The molecule has 0 fully saturated rings. The van der Waals surface area contributed by atoms with Gasteiger partial charge in [0.2, 0.25) is 0 Å². The van der Waals surface area contributed by atoms with Gasteiger partial charge in [0.05, 0.1) is 21.8 Å². The third-order valence-corrected chi connectivity index (χ3v) is 3.47. The van der Waals surface area contributed by atoms with Crippen LogP contribution in [0.2, 0.25) is 10.0 Å². The van der Waals surface area contributed by atoms with E-state index in [1.54, 1.807) is 12.1 Å². The number of hydrogen-bond donors (Lipinski definition) is 1. The average molecular weight is 277 g/mol. The molecule has 1 rings (SSSR count). The fraction of sp³-hybridized carbons (Fsp3) is 0.538. The Morgan fingerprint density at radius 3 is 2.47 bits per heavy atom. The third kappa shape index (κ3) is 4.14. The van der Waals surface area contributed by atoms with Gasteiger partial charge in [-0.05, 0) is 38.5 Å². The molecular weight excluding hydrogens is 259 g/mol.